The predicted molar refractivity (Wildman–Crippen MR) is 126 cm³/mol. The Morgan fingerprint density at radius 2 is 1.73 bits per heavy atom. The number of nitrogens with zero attached hydrogens (tertiary/aromatic N) is 1. The van der Waals surface area contributed by atoms with Gasteiger partial charge < -0.3 is 14.8 Å². The molecule has 2 atom stereocenters. The molecule has 8 heteroatoms. The molecule has 3 aromatic carbocycles. The number of para-hydroxylation sites is 3. The van der Waals surface area contributed by atoms with E-state index in [1.54, 1.807) is 55.6 Å². The van der Waals surface area contributed by atoms with Crippen LogP contribution in [0.1, 0.15) is 24.1 Å². The van der Waals surface area contributed by atoms with Crippen molar-refractivity contribution in [1.82, 2.24) is 5.32 Å². The van der Waals surface area contributed by atoms with Crippen LogP contribution in [0, 0.1) is 6.92 Å². The van der Waals surface area contributed by atoms with E-state index in [4.69, 9.17) is 9.47 Å². The molecule has 1 aliphatic heterocycles. The number of sulfonamides is 1. The summed E-state index contributed by atoms with van der Waals surface area (Å²) in [5, 5.41) is 2.93. The molecule has 2 unspecified atom stereocenters. The maximum absolute atomic E-state index is 13.5. The zero-order chi connectivity index (χ0) is 23.6. The molecule has 33 heavy (non-hydrogen) atoms. The number of hydrogen-bond acceptors (Lipinski definition) is 5. The summed E-state index contributed by atoms with van der Waals surface area (Å²) >= 11 is 0. The van der Waals surface area contributed by atoms with Crippen molar-refractivity contribution in [3.05, 3.63) is 83.9 Å². The zero-order valence-electron chi connectivity index (χ0n) is 18.7. The molecule has 0 radical (unpaired) electrons. The summed E-state index contributed by atoms with van der Waals surface area (Å²) < 4.78 is 39.5. The van der Waals surface area contributed by atoms with E-state index in [-0.39, 0.29) is 17.5 Å². The van der Waals surface area contributed by atoms with E-state index >= 15 is 0 Å². The number of rotatable bonds is 6. The lowest BCUT2D eigenvalue weighted by Crippen LogP contribution is -2.51. The van der Waals surface area contributed by atoms with Crippen molar-refractivity contribution in [2.24, 2.45) is 0 Å². The van der Waals surface area contributed by atoms with E-state index in [2.05, 4.69) is 5.32 Å². The van der Waals surface area contributed by atoms with E-state index in [0.29, 0.717) is 17.2 Å². The molecule has 1 aliphatic rings. The number of fused-ring (bicyclic) bond motifs is 1. The van der Waals surface area contributed by atoms with Gasteiger partial charge in [-0.05, 0) is 44.2 Å². The van der Waals surface area contributed by atoms with Crippen LogP contribution in [0.15, 0.2) is 77.7 Å². The Labute approximate surface area is 194 Å². The molecular formula is C25H26N2O5S. The Balaban J connectivity index is 1.62. The fraction of sp³-hybridized carbons (Fsp3) is 0.240. The van der Waals surface area contributed by atoms with Crippen molar-refractivity contribution in [2.75, 3.05) is 18.0 Å². The molecule has 1 heterocycles. The zero-order valence-corrected chi connectivity index (χ0v) is 19.5. The Hall–Kier alpha value is -3.52. The van der Waals surface area contributed by atoms with Gasteiger partial charge in [-0.3, -0.25) is 9.10 Å². The minimum Gasteiger partial charge on any atom is -0.496 e. The summed E-state index contributed by atoms with van der Waals surface area (Å²) in [7, 11) is -2.32. The fourth-order valence-electron chi connectivity index (χ4n) is 3.81. The first kappa shape index (κ1) is 22.7. The van der Waals surface area contributed by atoms with Crippen molar-refractivity contribution < 1.29 is 22.7 Å². The molecule has 0 aromatic heterocycles. The number of anilines is 1. The van der Waals surface area contributed by atoms with Gasteiger partial charge in [-0.15, -0.1) is 0 Å². The molecule has 0 saturated heterocycles. The molecule has 7 nitrogen and oxygen atoms in total. The van der Waals surface area contributed by atoms with Gasteiger partial charge in [0.1, 0.15) is 11.5 Å². The molecule has 0 saturated carbocycles. The molecule has 0 fully saturated rings. The second-order valence-electron chi connectivity index (χ2n) is 7.90. The summed E-state index contributed by atoms with van der Waals surface area (Å²) in [5.74, 6) is 0.584. The molecule has 0 aliphatic carbocycles. The number of carbonyl (C=O) groups is 1. The van der Waals surface area contributed by atoms with Crippen LogP contribution in [0.5, 0.6) is 11.5 Å². The van der Waals surface area contributed by atoms with Crippen LogP contribution in [0.2, 0.25) is 0 Å². The topological polar surface area (TPSA) is 84.9 Å². The lowest BCUT2D eigenvalue weighted by molar-refractivity contribution is -0.128. The van der Waals surface area contributed by atoms with Crippen LogP contribution >= 0.6 is 0 Å². The van der Waals surface area contributed by atoms with E-state index in [9.17, 15) is 13.2 Å². The Morgan fingerprint density at radius 3 is 2.45 bits per heavy atom. The smallest absolute Gasteiger partial charge is 0.264 e. The number of hydrogen-bond donors (Lipinski definition) is 1. The summed E-state index contributed by atoms with van der Waals surface area (Å²) in [6.07, 6.45) is -1.02. The van der Waals surface area contributed by atoms with Crippen molar-refractivity contribution in [2.45, 2.75) is 30.9 Å². The lowest BCUT2D eigenvalue weighted by atomic mass is 10.1. The van der Waals surface area contributed by atoms with Gasteiger partial charge in [-0.1, -0.05) is 48.0 Å². The number of ether oxygens (including phenoxy) is 2. The van der Waals surface area contributed by atoms with Crippen LogP contribution in [0.25, 0.3) is 0 Å². The van der Waals surface area contributed by atoms with E-state index < -0.39 is 22.0 Å². The molecule has 1 amide bonds. The van der Waals surface area contributed by atoms with Crippen LogP contribution in [-0.4, -0.2) is 34.1 Å². The Morgan fingerprint density at radius 1 is 1.06 bits per heavy atom. The van der Waals surface area contributed by atoms with Crippen molar-refractivity contribution >= 4 is 21.6 Å². The molecule has 0 bridgehead atoms. The predicted octanol–water partition coefficient (Wildman–Crippen LogP) is 3.84. The van der Waals surface area contributed by atoms with E-state index in [0.717, 1.165) is 11.1 Å². The van der Waals surface area contributed by atoms with E-state index in [1.807, 2.05) is 38.1 Å². The third kappa shape index (κ3) is 4.52. The normalized spacial score (nSPS) is 16.3. The van der Waals surface area contributed by atoms with Crippen LogP contribution < -0.4 is 19.1 Å². The van der Waals surface area contributed by atoms with Gasteiger partial charge >= 0.3 is 0 Å². The summed E-state index contributed by atoms with van der Waals surface area (Å²) in [6, 6.07) is 20.5. The Bertz CT molecular complexity index is 1260. The van der Waals surface area contributed by atoms with Gasteiger partial charge in [0.05, 0.1) is 30.3 Å². The molecule has 4 rings (SSSR count). The second kappa shape index (κ2) is 9.15. The largest absolute Gasteiger partial charge is 0.496 e. The second-order valence-corrected chi connectivity index (χ2v) is 9.76. The number of nitrogens with one attached hydrogen (secondary N) is 1. The van der Waals surface area contributed by atoms with Gasteiger partial charge in [0, 0.05) is 5.56 Å². The standard InChI is InChI=1S/C25H26N2O5S/c1-17-12-14-19(15-13-17)33(29,30)27-16-24(32-23-11-7-5-9-21(23)27)25(28)26-18(2)20-8-4-6-10-22(20)31-3/h4-15,18,24H,16H2,1-3H3,(H,26,28). The van der Waals surface area contributed by atoms with Gasteiger partial charge in [0.15, 0.2) is 6.10 Å². The number of aryl methyl sites for hydroxylation is 1. The lowest BCUT2D eigenvalue weighted by Gasteiger charge is -2.35. The highest BCUT2D eigenvalue weighted by Crippen LogP contribution is 2.37. The third-order valence-electron chi connectivity index (χ3n) is 5.60. The first-order valence-electron chi connectivity index (χ1n) is 10.6. The van der Waals surface area contributed by atoms with Gasteiger partial charge in [0.2, 0.25) is 0 Å². The van der Waals surface area contributed by atoms with Crippen LogP contribution in [-0.2, 0) is 14.8 Å². The monoisotopic (exact) mass is 466 g/mol. The first-order chi connectivity index (χ1) is 15.8. The highest BCUT2D eigenvalue weighted by Gasteiger charge is 2.37. The van der Waals surface area contributed by atoms with E-state index in [1.165, 1.54) is 4.31 Å². The maximum Gasteiger partial charge on any atom is 0.264 e. The number of amides is 1. The van der Waals surface area contributed by atoms with Crippen molar-refractivity contribution in [3.63, 3.8) is 0 Å². The van der Waals surface area contributed by atoms with Gasteiger partial charge in [0.25, 0.3) is 15.9 Å². The van der Waals surface area contributed by atoms with Crippen LogP contribution in [0.3, 0.4) is 0 Å². The fourth-order valence-corrected chi connectivity index (χ4v) is 5.29. The summed E-state index contributed by atoms with van der Waals surface area (Å²) in [5.41, 5.74) is 2.17. The average molecular weight is 467 g/mol. The minimum absolute atomic E-state index is 0.141. The van der Waals surface area contributed by atoms with Crippen molar-refractivity contribution in [3.8, 4) is 11.5 Å². The quantitative estimate of drug-likeness (QED) is 0.597. The highest BCUT2D eigenvalue weighted by molar-refractivity contribution is 7.92. The van der Waals surface area contributed by atoms with Crippen molar-refractivity contribution in [1.29, 1.82) is 0 Å². The molecule has 1 N–H and O–H groups in total. The first-order valence-corrected chi connectivity index (χ1v) is 12.0. The third-order valence-corrected chi connectivity index (χ3v) is 7.39. The average Bonchev–Trinajstić information content (AvgIpc) is 2.83. The summed E-state index contributed by atoms with van der Waals surface area (Å²) in [6.45, 7) is 3.59. The number of benzene rings is 3. The Kier molecular flexibility index (Phi) is 6.29. The summed E-state index contributed by atoms with van der Waals surface area (Å²) in [4.78, 5) is 13.3. The highest BCUT2D eigenvalue weighted by atomic mass is 32.2. The minimum atomic E-state index is -3.90. The SMILES string of the molecule is COc1ccccc1C(C)NC(=O)C1CN(S(=O)(=O)c2ccc(C)cc2)c2ccccc2O1. The number of carbonyl (C=O) groups excluding carboxylic acids is 1. The molecule has 3 aromatic rings. The molecule has 172 valence electrons. The number of methoxy groups -OCH3 is 1. The van der Waals surface area contributed by atoms with Crippen LogP contribution in [0.4, 0.5) is 5.69 Å². The molecule has 0 spiro atoms. The maximum atomic E-state index is 13.5. The van der Waals surface area contributed by atoms with Gasteiger partial charge in [-0.2, -0.15) is 0 Å². The van der Waals surface area contributed by atoms with Gasteiger partial charge in [-0.25, -0.2) is 8.42 Å². The molecular weight excluding hydrogens is 440 g/mol.